The normalized spacial score (nSPS) is 11.1. The van der Waals surface area contributed by atoms with Gasteiger partial charge in [-0.3, -0.25) is 14.0 Å². The molecule has 3 aromatic rings. The Morgan fingerprint density at radius 2 is 2.14 bits per heavy atom. The summed E-state index contributed by atoms with van der Waals surface area (Å²) in [6, 6.07) is 5.69. The maximum absolute atomic E-state index is 12.5. The van der Waals surface area contributed by atoms with Crippen LogP contribution in [0.15, 0.2) is 41.7 Å². The average Bonchev–Trinajstić information content (AvgIpc) is 2.90. The van der Waals surface area contributed by atoms with Gasteiger partial charge in [0.25, 0.3) is 5.56 Å². The lowest BCUT2D eigenvalue weighted by atomic mass is 10.1. The first kappa shape index (κ1) is 13.5. The maximum Gasteiger partial charge on any atom is 0.261 e. The van der Waals surface area contributed by atoms with E-state index in [2.05, 4.69) is 17.0 Å². The van der Waals surface area contributed by atoms with Crippen molar-refractivity contribution in [2.24, 2.45) is 0 Å². The highest BCUT2D eigenvalue weighted by molar-refractivity contribution is 5.80. The summed E-state index contributed by atoms with van der Waals surface area (Å²) >= 11 is 0. The molecule has 1 aromatic carbocycles. The minimum atomic E-state index is -0.00746. The number of hydrogen-bond donors (Lipinski definition) is 0. The van der Waals surface area contributed by atoms with Crippen LogP contribution in [0.25, 0.3) is 10.9 Å². The molecule has 0 N–H and O–H groups in total. The fourth-order valence-corrected chi connectivity index (χ4v) is 2.49. The van der Waals surface area contributed by atoms with Gasteiger partial charge in [0.2, 0.25) is 0 Å². The van der Waals surface area contributed by atoms with Gasteiger partial charge in [0.15, 0.2) is 0 Å². The van der Waals surface area contributed by atoms with E-state index >= 15 is 0 Å². The largest absolute Gasteiger partial charge is 0.294 e. The number of hydrogen-bond acceptors (Lipinski definition) is 3. The first-order valence-electron chi connectivity index (χ1n) is 7.15. The predicted molar refractivity (Wildman–Crippen MR) is 82.4 cm³/mol. The third-order valence-electron chi connectivity index (χ3n) is 3.55. The van der Waals surface area contributed by atoms with Gasteiger partial charge < -0.3 is 0 Å². The third-order valence-corrected chi connectivity index (χ3v) is 3.55. The highest BCUT2D eigenvalue weighted by atomic mass is 16.1. The molecule has 108 valence electrons. The first-order chi connectivity index (χ1) is 10.2. The van der Waals surface area contributed by atoms with E-state index < -0.39 is 0 Å². The Morgan fingerprint density at radius 1 is 1.29 bits per heavy atom. The van der Waals surface area contributed by atoms with Gasteiger partial charge in [0, 0.05) is 18.3 Å². The Hall–Kier alpha value is -2.43. The van der Waals surface area contributed by atoms with Crippen molar-refractivity contribution in [1.29, 1.82) is 0 Å². The molecular weight excluding hydrogens is 264 g/mol. The standard InChI is InChI=1S/C16H18N4O/c1-3-7-20-10-13(8-18-20)9-19-11-17-15-12(2)5-4-6-14(15)16(19)21/h4-6,8,10-11H,3,7,9H2,1-2H3. The van der Waals surface area contributed by atoms with Crippen molar-refractivity contribution in [3.05, 3.63) is 58.4 Å². The Labute approximate surface area is 122 Å². The van der Waals surface area contributed by atoms with Crippen LogP contribution in [-0.4, -0.2) is 19.3 Å². The minimum absolute atomic E-state index is 0.00746. The highest BCUT2D eigenvalue weighted by Gasteiger charge is 2.07. The lowest BCUT2D eigenvalue weighted by Gasteiger charge is -2.06. The van der Waals surface area contributed by atoms with Crippen molar-refractivity contribution in [3.8, 4) is 0 Å². The van der Waals surface area contributed by atoms with Crippen LogP contribution in [0.1, 0.15) is 24.5 Å². The molecule has 0 unspecified atom stereocenters. The number of aromatic nitrogens is 4. The molecule has 0 spiro atoms. The predicted octanol–water partition coefficient (Wildman–Crippen LogP) is 2.36. The lowest BCUT2D eigenvalue weighted by Crippen LogP contribution is -2.21. The van der Waals surface area contributed by atoms with Crippen LogP contribution >= 0.6 is 0 Å². The van der Waals surface area contributed by atoms with Gasteiger partial charge in [-0.2, -0.15) is 5.10 Å². The van der Waals surface area contributed by atoms with Crippen molar-refractivity contribution in [3.63, 3.8) is 0 Å². The Kier molecular flexibility index (Phi) is 3.56. The van der Waals surface area contributed by atoms with E-state index in [9.17, 15) is 4.79 Å². The summed E-state index contributed by atoms with van der Waals surface area (Å²) in [6.07, 6.45) is 6.45. The molecule has 0 aliphatic rings. The molecule has 5 heteroatoms. The van der Waals surface area contributed by atoms with E-state index in [4.69, 9.17) is 0 Å². The fraction of sp³-hybridized carbons (Fsp3) is 0.312. The molecule has 0 bridgehead atoms. The molecular formula is C16H18N4O. The van der Waals surface area contributed by atoms with Gasteiger partial charge in [-0.25, -0.2) is 4.98 Å². The van der Waals surface area contributed by atoms with E-state index in [1.165, 1.54) is 0 Å². The van der Waals surface area contributed by atoms with Crippen molar-refractivity contribution in [2.75, 3.05) is 0 Å². The highest BCUT2D eigenvalue weighted by Crippen LogP contribution is 2.11. The summed E-state index contributed by atoms with van der Waals surface area (Å²) in [5, 5.41) is 4.95. The number of benzene rings is 1. The van der Waals surface area contributed by atoms with Gasteiger partial charge in [0.1, 0.15) is 0 Å². The number of rotatable bonds is 4. The molecule has 21 heavy (non-hydrogen) atoms. The number of nitrogens with zero attached hydrogens (tertiary/aromatic N) is 4. The molecule has 2 aromatic heterocycles. The zero-order chi connectivity index (χ0) is 14.8. The van der Waals surface area contributed by atoms with Crippen LogP contribution in [0.3, 0.4) is 0 Å². The summed E-state index contributed by atoms with van der Waals surface area (Å²) in [7, 11) is 0. The quantitative estimate of drug-likeness (QED) is 0.738. The van der Waals surface area contributed by atoms with Gasteiger partial charge in [0.05, 0.1) is 30.0 Å². The molecule has 0 atom stereocenters. The van der Waals surface area contributed by atoms with Gasteiger partial charge in [-0.05, 0) is 25.0 Å². The van der Waals surface area contributed by atoms with E-state index in [-0.39, 0.29) is 5.56 Å². The minimum Gasteiger partial charge on any atom is -0.294 e. The summed E-state index contributed by atoms with van der Waals surface area (Å²) in [4.78, 5) is 16.9. The lowest BCUT2D eigenvalue weighted by molar-refractivity contribution is 0.601. The third kappa shape index (κ3) is 2.59. The number of fused-ring (bicyclic) bond motifs is 1. The molecule has 0 amide bonds. The molecule has 0 aliphatic heterocycles. The maximum atomic E-state index is 12.5. The van der Waals surface area contributed by atoms with Crippen LogP contribution in [-0.2, 0) is 13.1 Å². The van der Waals surface area contributed by atoms with Crippen LogP contribution in [0.4, 0.5) is 0 Å². The topological polar surface area (TPSA) is 52.7 Å². The Morgan fingerprint density at radius 3 is 2.95 bits per heavy atom. The molecule has 5 nitrogen and oxygen atoms in total. The second-order valence-electron chi connectivity index (χ2n) is 5.26. The molecule has 0 fully saturated rings. The van der Waals surface area contributed by atoms with Crippen molar-refractivity contribution >= 4 is 10.9 Å². The second kappa shape index (κ2) is 5.52. The molecule has 0 radical (unpaired) electrons. The van der Waals surface area contributed by atoms with E-state index in [1.54, 1.807) is 10.9 Å². The monoisotopic (exact) mass is 282 g/mol. The van der Waals surface area contributed by atoms with E-state index in [0.717, 1.165) is 29.6 Å². The molecule has 0 aliphatic carbocycles. The van der Waals surface area contributed by atoms with Gasteiger partial charge in [-0.15, -0.1) is 0 Å². The van der Waals surface area contributed by atoms with Crippen LogP contribution in [0.2, 0.25) is 0 Å². The Balaban J connectivity index is 1.97. The molecule has 0 saturated carbocycles. The van der Waals surface area contributed by atoms with Gasteiger partial charge >= 0.3 is 0 Å². The SMILES string of the molecule is CCCn1cc(Cn2cnc3c(C)cccc3c2=O)cn1. The number of aryl methyl sites for hydroxylation is 2. The molecule has 3 rings (SSSR count). The molecule has 0 saturated heterocycles. The summed E-state index contributed by atoms with van der Waals surface area (Å²) < 4.78 is 3.54. The van der Waals surface area contributed by atoms with Crippen LogP contribution in [0, 0.1) is 6.92 Å². The molecule has 2 heterocycles. The van der Waals surface area contributed by atoms with E-state index in [1.807, 2.05) is 42.2 Å². The van der Waals surface area contributed by atoms with E-state index in [0.29, 0.717) is 11.9 Å². The number of para-hydroxylation sites is 1. The van der Waals surface area contributed by atoms with Crippen LogP contribution in [0.5, 0.6) is 0 Å². The summed E-state index contributed by atoms with van der Waals surface area (Å²) in [6.45, 7) is 5.47. The first-order valence-corrected chi connectivity index (χ1v) is 7.15. The zero-order valence-electron chi connectivity index (χ0n) is 12.3. The Bertz CT molecular complexity index is 832. The average molecular weight is 282 g/mol. The van der Waals surface area contributed by atoms with Crippen molar-refractivity contribution in [2.45, 2.75) is 33.4 Å². The second-order valence-corrected chi connectivity index (χ2v) is 5.26. The summed E-state index contributed by atoms with van der Waals surface area (Å²) in [5.41, 5.74) is 2.80. The van der Waals surface area contributed by atoms with Crippen molar-refractivity contribution < 1.29 is 0 Å². The summed E-state index contributed by atoms with van der Waals surface area (Å²) in [5.74, 6) is 0. The van der Waals surface area contributed by atoms with Crippen molar-refractivity contribution in [1.82, 2.24) is 19.3 Å². The smallest absolute Gasteiger partial charge is 0.261 e. The fourth-order valence-electron chi connectivity index (χ4n) is 2.49. The van der Waals surface area contributed by atoms with Crippen LogP contribution < -0.4 is 5.56 Å². The zero-order valence-corrected chi connectivity index (χ0v) is 12.3. The van der Waals surface area contributed by atoms with Gasteiger partial charge in [-0.1, -0.05) is 19.1 Å².